The number of carbonyl (C=O) groups excluding carboxylic acids is 2. The molecule has 1 aliphatic heterocycles. The summed E-state index contributed by atoms with van der Waals surface area (Å²) in [5, 5.41) is 4.85. The molecule has 0 aliphatic carbocycles. The van der Waals surface area contributed by atoms with Crippen LogP contribution in [0.25, 0.3) is 10.2 Å². The van der Waals surface area contributed by atoms with E-state index >= 15 is 0 Å². The number of nitrogens with zero attached hydrogens (tertiary/aromatic N) is 3. The van der Waals surface area contributed by atoms with Gasteiger partial charge >= 0.3 is 0 Å². The zero-order chi connectivity index (χ0) is 18.6. The maximum Gasteiger partial charge on any atom is 0.261 e. The van der Waals surface area contributed by atoms with Gasteiger partial charge in [-0.2, -0.15) is 0 Å². The average Bonchev–Trinajstić information content (AvgIpc) is 3.39. The van der Waals surface area contributed by atoms with Crippen molar-refractivity contribution in [1.29, 1.82) is 0 Å². The van der Waals surface area contributed by atoms with Gasteiger partial charge in [-0.15, -0.1) is 22.7 Å². The first-order valence-corrected chi connectivity index (χ1v) is 10.6. The Morgan fingerprint density at radius 2 is 1.96 bits per heavy atom. The molecule has 1 saturated heterocycles. The summed E-state index contributed by atoms with van der Waals surface area (Å²) < 4.78 is 1.04. The molecule has 1 N–H and O–H groups in total. The lowest BCUT2D eigenvalue weighted by Gasteiger charge is -2.34. The summed E-state index contributed by atoms with van der Waals surface area (Å²) in [7, 11) is 0. The number of amides is 2. The van der Waals surface area contributed by atoms with Gasteiger partial charge in [-0.25, -0.2) is 4.98 Å². The van der Waals surface area contributed by atoms with E-state index < -0.39 is 0 Å². The predicted octanol–water partition coefficient (Wildman–Crippen LogP) is 2.55. The monoisotopic (exact) mass is 400 g/mol. The third-order valence-electron chi connectivity index (χ3n) is 4.70. The lowest BCUT2D eigenvalue weighted by molar-refractivity contribution is 0.0638. The van der Waals surface area contributed by atoms with Crippen LogP contribution in [0.15, 0.2) is 41.2 Å². The Kier molecular flexibility index (Phi) is 5.47. The van der Waals surface area contributed by atoms with Crippen LogP contribution >= 0.6 is 22.7 Å². The van der Waals surface area contributed by atoms with Gasteiger partial charge in [0.05, 0.1) is 20.6 Å². The summed E-state index contributed by atoms with van der Waals surface area (Å²) in [5.41, 5.74) is 3.46. The van der Waals surface area contributed by atoms with Crippen LogP contribution in [-0.4, -0.2) is 65.9 Å². The van der Waals surface area contributed by atoms with E-state index in [-0.39, 0.29) is 11.8 Å². The molecule has 0 atom stereocenters. The molecule has 0 bridgehead atoms. The number of thiophene rings is 1. The number of thiazole rings is 1. The second-order valence-corrected chi connectivity index (χ2v) is 8.24. The van der Waals surface area contributed by atoms with Gasteiger partial charge < -0.3 is 10.2 Å². The van der Waals surface area contributed by atoms with Gasteiger partial charge in [-0.1, -0.05) is 6.07 Å². The highest BCUT2D eigenvalue weighted by Crippen LogP contribution is 2.20. The van der Waals surface area contributed by atoms with Gasteiger partial charge in [0.25, 0.3) is 11.8 Å². The topological polar surface area (TPSA) is 65.5 Å². The summed E-state index contributed by atoms with van der Waals surface area (Å²) >= 11 is 3.00. The maximum absolute atomic E-state index is 12.7. The highest BCUT2D eigenvalue weighted by Gasteiger charge is 2.22. The van der Waals surface area contributed by atoms with Crippen molar-refractivity contribution in [2.24, 2.45) is 0 Å². The van der Waals surface area contributed by atoms with Crippen LogP contribution in [-0.2, 0) is 0 Å². The molecule has 3 heterocycles. The number of fused-ring (bicyclic) bond motifs is 1. The Morgan fingerprint density at radius 1 is 1.11 bits per heavy atom. The van der Waals surface area contributed by atoms with Gasteiger partial charge in [0.1, 0.15) is 0 Å². The van der Waals surface area contributed by atoms with Crippen molar-refractivity contribution in [3.05, 3.63) is 51.7 Å². The Labute approximate surface area is 165 Å². The predicted molar refractivity (Wildman–Crippen MR) is 109 cm³/mol. The number of rotatable bonds is 5. The van der Waals surface area contributed by atoms with E-state index in [1.165, 1.54) is 11.3 Å². The lowest BCUT2D eigenvalue weighted by Crippen LogP contribution is -2.50. The van der Waals surface area contributed by atoms with E-state index in [1.807, 2.05) is 40.6 Å². The molecule has 2 aromatic heterocycles. The van der Waals surface area contributed by atoms with Crippen LogP contribution in [0.3, 0.4) is 0 Å². The van der Waals surface area contributed by atoms with Crippen LogP contribution in [0, 0.1) is 0 Å². The molecule has 4 rings (SSSR count). The molecular weight excluding hydrogens is 380 g/mol. The number of benzene rings is 1. The molecule has 1 aliphatic rings. The van der Waals surface area contributed by atoms with Crippen molar-refractivity contribution in [3.8, 4) is 0 Å². The zero-order valence-corrected chi connectivity index (χ0v) is 16.4. The smallest absolute Gasteiger partial charge is 0.261 e. The highest BCUT2D eigenvalue weighted by molar-refractivity contribution is 7.16. The lowest BCUT2D eigenvalue weighted by atomic mass is 10.1. The fraction of sp³-hybridized carbons (Fsp3) is 0.316. The normalized spacial score (nSPS) is 15.2. The van der Waals surface area contributed by atoms with E-state index in [9.17, 15) is 9.59 Å². The first-order valence-electron chi connectivity index (χ1n) is 8.87. The van der Waals surface area contributed by atoms with E-state index in [4.69, 9.17) is 0 Å². The van der Waals surface area contributed by atoms with Crippen molar-refractivity contribution in [2.45, 2.75) is 0 Å². The SMILES string of the molecule is O=C(NCCN1CCN(C(=O)c2ccc3ncsc3c2)CC1)c1cccs1. The molecule has 0 saturated carbocycles. The first-order chi connectivity index (χ1) is 13.2. The number of piperazine rings is 1. The number of hydrogen-bond donors (Lipinski definition) is 1. The Hall–Kier alpha value is -2.29. The molecule has 27 heavy (non-hydrogen) atoms. The van der Waals surface area contributed by atoms with Gasteiger partial charge in [0.15, 0.2) is 0 Å². The Balaban J connectivity index is 1.24. The minimum atomic E-state index is -0.0164. The maximum atomic E-state index is 12.7. The van der Waals surface area contributed by atoms with Crippen molar-refractivity contribution in [3.63, 3.8) is 0 Å². The van der Waals surface area contributed by atoms with E-state index in [0.29, 0.717) is 19.6 Å². The summed E-state index contributed by atoms with van der Waals surface area (Å²) in [6.07, 6.45) is 0. The van der Waals surface area contributed by atoms with Gasteiger partial charge in [0.2, 0.25) is 0 Å². The van der Waals surface area contributed by atoms with E-state index in [1.54, 1.807) is 16.8 Å². The molecule has 0 radical (unpaired) electrons. The van der Waals surface area contributed by atoms with Gasteiger partial charge in [0, 0.05) is 44.8 Å². The summed E-state index contributed by atoms with van der Waals surface area (Å²) in [6, 6.07) is 9.40. The van der Waals surface area contributed by atoms with Crippen molar-refractivity contribution < 1.29 is 9.59 Å². The largest absolute Gasteiger partial charge is 0.350 e. The zero-order valence-electron chi connectivity index (χ0n) is 14.8. The average molecular weight is 401 g/mol. The molecule has 1 aromatic carbocycles. The van der Waals surface area contributed by atoms with E-state index in [2.05, 4.69) is 15.2 Å². The summed E-state index contributed by atoms with van der Waals surface area (Å²) in [5.74, 6) is 0.0632. The molecule has 1 fully saturated rings. The van der Waals surface area contributed by atoms with E-state index in [0.717, 1.165) is 40.3 Å². The third kappa shape index (κ3) is 4.18. The summed E-state index contributed by atoms with van der Waals surface area (Å²) in [6.45, 7) is 4.47. The number of hydrogen-bond acceptors (Lipinski definition) is 6. The second kappa shape index (κ2) is 8.16. The Bertz CT molecular complexity index is 930. The van der Waals surface area contributed by atoms with Crippen LogP contribution in [0.1, 0.15) is 20.0 Å². The first kappa shape index (κ1) is 18.1. The van der Waals surface area contributed by atoms with Gasteiger partial charge in [-0.3, -0.25) is 14.5 Å². The van der Waals surface area contributed by atoms with Crippen LogP contribution < -0.4 is 5.32 Å². The minimum Gasteiger partial charge on any atom is -0.350 e. The van der Waals surface area contributed by atoms with Gasteiger partial charge in [-0.05, 0) is 29.6 Å². The molecule has 2 amide bonds. The standard InChI is InChI=1S/C19H20N4O2S2/c24-18(16-2-1-11-26-16)20-5-6-22-7-9-23(10-8-22)19(25)14-3-4-15-17(12-14)27-13-21-15/h1-4,11-13H,5-10H2,(H,20,24). The van der Waals surface area contributed by atoms with Crippen LogP contribution in [0.5, 0.6) is 0 Å². The van der Waals surface area contributed by atoms with Crippen LogP contribution in [0.2, 0.25) is 0 Å². The number of carbonyl (C=O) groups is 2. The Morgan fingerprint density at radius 3 is 2.74 bits per heavy atom. The molecule has 8 heteroatoms. The molecular formula is C19H20N4O2S2. The van der Waals surface area contributed by atoms with Crippen molar-refractivity contribution in [2.75, 3.05) is 39.3 Å². The molecule has 140 valence electrons. The summed E-state index contributed by atoms with van der Waals surface area (Å²) in [4.78, 5) is 33.9. The molecule has 3 aromatic rings. The number of aromatic nitrogens is 1. The molecule has 6 nitrogen and oxygen atoms in total. The van der Waals surface area contributed by atoms with Crippen LogP contribution in [0.4, 0.5) is 0 Å². The minimum absolute atomic E-state index is 0.0164. The molecule has 0 unspecified atom stereocenters. The van der Waals surface area contributed by atoms with Crippen molar-refractivity contribution >= 4 is 44.7 Å². The number of nitrogens with one attached hydrogen (secondary N) is 1. The second-order valence-electron chi connectivity index (χ2n) is 6.40. The fourth-order valence-corrected chi connectivity index (χ4v) is 4.52. The molecule has 0 spiro atoms. The quantitative estimate of drug-likeness (QED) is 0.715. The van der Waals surface area contributed by atoms with Crippen molar-refractivity contribution in [1.82, 2.24) is 20.1 Å². The fourth-order valence-electron chi connectivity index (χ4n) is 3.17. The highest BCUT2D eigenvalue weighted by atomic mass is 32.1. The third-order valence-corrected chi connectivity index (χ3v) is 6.36.